The maximum atomic E-state index is 12.0. The third kappa shape index (κ3) is 3.29. The molecule has 0 saturated carbocycles. The van der Waals surface area contributed by atoms with Crippen LogP contribution in [-0.2, 0) is 11.3 Å². The highest BCUT2D eigenvalue weighted by Gasteiger charge is 2.24. The van der Waals surface area contributed by atoms with Crippen LogP contribution in [0.15, 0.2) is 23.0 Å². The molecule has 3 rings (SSSR count). The third-order valence-electron chi connectivity index (χ3n) is 4.71. The number of benzene rings is 1. The summed E-state index contributed by atoms with van der Waals surface area (Å²) in [7, 11) is 0. The molecule has 0 unspecified atom stereocenters. The molecule has 0 aliphatic carbocycles. The van der Waals surface area contributed by atoms with Gasteiger partial charge in [-0.3, -0.25) is 14.5 Å². The number of fused-ring (bicyclic) bond motifs is 1. The molecule has 122 valence electrons. The summed E-state index contributed by atoms with van der Waals surface area (Å²) in [6.45, 7) is 6.27. The molecule has 2 heterocycles. The van der Waals surface area contributed by atoms with Gasteiger partial charge in [0.2, 0.25) is 5.56 Å². The van der Waals surface area contributed by atoms with Crippen LogP contribution in [0.5, 0.6) is 0 Å². The number of carboxylic acids is 1. The quantitative estimate of drug-likeness (QED) is 0.912. The van der Waals surface area contributed by atoms with Gasteiger partial charge >= 0.3 is 5.97 Å². The Hall–Kier alpha value is -2.14. The highest BCUT2D eigenvalue weighted by molar-refractivity contribution is 5.85. The molecule has 1 fully saturated rings. The summed E-state index contributed by atoms with van der Waals surface area (Å²) in [5.41, 5.74) is 4.08. The summed E-state index contributed by atoms with van der Waals surface area (Å²) < 4.78 is 0. The SMILES string of the molecule is Cc1cc(C)c2[nH]c(=O)cc(CN3CCC(C(=O)O)CC3)c2c1. The van der Waals surface area contributed by atoms with Gasteiger partial charge < -0.3 is 10.1 Å². The maximum absolute atomic E-state index is 12.0. The fraction of sp³-hybridized carbons (Fsp3) is 0.444. The Morgan fingerprint density at radius 1 is 1.26 bits per heavy atom. The number of carboxylic acid groups (broad SMARTS) is 1. The zero-order chi connectivity index (χ0) is 16.6. The third-order valence-corrected chi connectivity index (χ3v) is 4.71. The zero-order valence-corrected chi connectivity index (χ0v) is 13.6. The van der Waals surface area contributed by atoms with Crippen molar-refractivity contribution in [3.63, 3.8) is 0 Å². The van der Waals surface area contributed by atoms with E-state index >= 15 is 0 Å². The minimum Gasteiger partial charge on any atom is -0.481 e. The largest absolute Gasteiger partial charge is 0.481 e. The van der Waals surface area contributed by atoms with Gasteiger partial charge in [-0.25, -0.2) is 0 Å². The van der Waals surface area contributed by atoms with Crippen molar-refractivity contribution in [1.82, 2.24) is 9.88 Å². The van der Waals surface area contributed by atoms with Crippen molar-refractivity contribution in [1.29, 1.82) is 0 Å². The first kappa shape index (κ1) is 15.7. The molecule has 1 aromatic carbocycles. The molecule has 5 heteroatoms. The fourth-order valence-electron chi connectivity index (χ4n) is 3.49. The van der Waals surface area contributed by atoms with Gasteiger partial charge in [0.15, 0.2) is 0 Å². The van der Waals surface area contributed by atoms with Gasteiger partial charge in [-0.2, -0.15) is 0 Å². The number of pyridine rings is 1. The lowest BCUT2D eigenvalue weighted by Gasteiger charge is -2.30. The molecular formula is C18H22N2O3. The number of carbonyl (C=O) groups is 1. The second-order valence-electron chi connectivity index (χ2n) is 6.55. The van der Waals surface area contributed by atoms with Crippen LogP contribution in [0.25, 0.3) is 10.9 Å². The maximum Gasteiger partial charge on any atom is 0.306 e. The lowest BCUT2D eigenvalue weighted by atomic mass is 9.96. The van der Waals surface area contributed by atoms with Gasteiger partial charge in [0.1, 0.15) is 0 Å². The number of aryl methyl sites for hydroxylation is 2. The van der Waals surface area contributed by atoms with Crippen LogP contribution in [0.1, 0.15) is 29.5 Å². The van der Waals surface area contributed by atoms with Gasteiger partial charge in [0.05, 0.1) is 11.4 Å². The second kappa shape index (κ2) is 6.16. The molecule has 5 nitrogen and oxygen atoms in total. The first-order chi connectivity index (χ1) is 10.9. The van der Waals surface area contributed by atoms with Crippen LogP contribution in [0, 0.1) is 19.8 Å². The summed E-state index contributed by atoms with van der Waals surface area (Å²) in [6.07, 6.45) is 1.35. The lowest BCUT2D eigenvalue weighted by Crippen LogP contribution is -2.36. The number of likely N-dealkylation sites (tertiary alicyclic amines) is 1. The van der Waals surface area contributed by atoms with E-state index in [1.165, 1.54) is 5.56 Å². The number of aromatic nitrogens is 1. The van der Waals surface area contributed by atoms with E-state index in [2.05, 4.69) is 28.9 Å². The molecule has 1 aliphatic rings. The van der Waals surface area contributed by atoms with Gasteiger partial charge in [-0.15, -0.1) is 0 Å². The van der Waals surface area contributed by atoms with Crippen LogP contribution in [-0.4, -0.2) is 34.0 Å². The zero-order valence-electron chi connectivity index (χ0n) is 13.6. The first-order valence-corrected chi connectivity index (χ1v) is 8.02. The Morgan fingerprint density at radius 3 is 2.61 bits per heavy atom. The highest BCUT2D eigenvalue weighted by Crippen LogP contribution is 2.24. The number of nitrogens with zero attached hydrogens (tertiary/aromatic N) is 1. The number of aromatic amines is 1. The number of hydrogen-bond acceptors (Lipinski definition) is 3. The van der Waals surface area contributed by atoms with E-state index in [0.29, 0.717) is 19.4 Å². The van der Waals surface area contributed by atoms with Gasteiger partial charge in [-0.1, -0.05) is 11.6 Å². The molecule has 1 saturated heterocycles. The summed E-state index contributed by atoms with van der Waals surface area (Å²) in [5, 5.41) is 10.2. The van der Waals surface area contributed by atoms with Crippen molar-refractivity contribution in [2.45, 2.75) is 33.2 Å². The molecular weight excluding hydrogens is 292 g/mol. The van der Waals surface area contributed by atoms with Crippen molar-refractivity contribution in [2.75, 3.05) is 13.1 Å². The van der Waals surface area contributed by atoms with Crippen LogP contribution >= 0.6 is 0 Å². The monoisotopic (exact) mass is 314 g/mol. The second-order valence-corrected chi connectivity index (χ2v) is 6.55. The number of nitrogens with one attached hydrogen (secondary N) is 1. The molecule has 2 N–H and O–H groups in total. The summed E-state index contributed by atoms with van der Waals surface area (Å²) >= 11 is 0. The van der Waals surface area contributed by atoms with E-state index in [4.69, 9.17) is 5.11 Å². The standard InChI is InChI=1S/C18H22N2O3/c1-11-7-12(2)17-15(8-11)14(9-16(21)19-17)10-20-5-3-13(4-6-20)18(22)23/h7-9,13H,3-6,10H2,1-2H3,(H,19,21)(H,22,23). The normalized spacial score (nSPS) is 16.8. The van der Waals surface area contributed by atoms with Crippen LogP contribution in [0.3, 0.4) is 0 Å². The molecule has 0 radical (unpaired) electrons. The molecule has 0 bridgehead atoms. The van der Waals surface area contributed by atoms with Crippen molar-refractivity contribution in [3.05, 3.63) is 45.2 Å². The Kier molecular flexibility index (Phi) is 4.22. The van der Waals surface area contributed by atoms with Gasteiger partial charge in [0.25, 0.3) is 0 Å². The van der Waals surface area contributed by atoms with E-state index in [1.54, 1.807) is 6.07 Å². The summed E-state index contributed by atoms with van der Waals surface area (Å²) in [4.78, 5) is 28.2. The molecule has 0 spiro atoms. The number of piperidine rings is 1. The number of hydrogen-bond donors (Lipinski definition) is 2. The van der Waals surface area contributed by atoms with Crippen LogP contribution in [0.4, 0.5) is 0 Å². The molecule has 0 amide bonds. The molecule has 2 aromatic rings. The summed E-state index contributed by atoms with van der Waals surface area (Å²) in [5.74, 6) is -0.927. The highest BCUT2D eigenvalue weighted by atomic mass is 16.4. The smallest absolute Gasteiger partial charge is 0.306 e. The van der Waals surface area contributed by atoms with E-state index in [1.807, 2.05) is 6.92 Å². The van der Waals surface area contributed by atoms with E-state index in [-0.39, 0.29) is 11.5 Å². The Labute approximate surface area is 134 Å². The number of H-pyrrole nitrogens is 1. The molecule has 23 heavy (non-hydrogen) atoms. The Bertz CT molecular complexity index is 802. The van der Waals surface area contributed by atoms with Crippen molar-refractivity contribution < 1.29 is 9.90 Å². The van der Waals surface area contributed by atoms with Crippen molar-refractivity contribution in [2.24, 2.45) is 5.92 Å². The van der Waals surface area contributed by atoms with Crippen LogP contribution < -0.4 is 5.56 Å². The minimum atomic E-state index is -0.697. The average Bonchev–Trinajstić information content (AvgIpc) is 2.49. The Balaban J connectivity index is 1.89. The van der Waals surface area contributed by atoms with Crippen molar-refractivity contribution in [3.8, 4) is 0 Å². The van der Waals surface area contributed by atoms with E-state index in [0.717, 1.165) is 35.1 Å². The summed E-state index contributed by atoms with van der Waals surface area (Å²) in [6, 6.07) is 5.85. The molecule has 0 atom stereocenters. The number of rotatable bonds is 3. The van der Waals surface area contributed by atoms with E-state index in [9.17, 15) is 9.59 Å². The fourth-order valence-corrected chi connectivity index (χ4v) is 3.49. The minimum absolute atomic E-state index is 0.0834. The van der Waals surface area contributed by atoms with Crippen LogP contribution in [0.2, 0.25) is 0 Å². The Morgan fingerprint density at radius 2 is 1.96 bits per heavy atom. The lowest BCUT2D eigenvalue weighted by molar-refractivity contribution is -0.143. The van der Waals surface area contributed by atoms with Gasteiger partial charge in [0, 0.05) is 18.0 Å². The predicted molar refractivity (Wildman–Crippen MR) is 89.7 cm³/mol. The first-order valence-electron chi connectivity index (χ1n) is 8.02. The van der Waals surface area contributed by atoms with Gasteiger partial charge in [-0.05, 0) is 57.0 Å². The molecule has 1 aliphatic heterocycles. The topological polar surface area (TPSA) is 73.4 Å². The molecule has 1 aromatic heterocycles. The van der Waals surface area contributed by atoms with Crippen molar-refractivity contribution >= 4 is 16.9 Å². The number of aliphatic carboxylic acids is 1. The van der Waals surface area contributed by atoms with E-state index < -0.39 is 5.97 Å². The predicted octanol–water partition coefficient (Wildman–Crippen LogP) is 2.44. The average molecular weight is 314 g/mol.